The highest BCUT2D eigenvalue weighted by Crippen LogP contribution is 2.35. The lowest BCUT2D eigenvalue weighted by atomic mass is 9.98. The van der Waals surface area contributed by atoms with Crippen molar-refractivity contribution in [2.45, 2.75) is 59.0 Å². The maximum atomic E-state index is 12.1. The Morgan fingerprint density at radius 2 is 2.08 bits per heavy atom. The molecule has 0 amide bonds. The van der Waals surface area contributed by atoms with Crippen LogP contribution in [0.15, 0.2) is 15.3 Å². The fourth-order valence-electron chi connectivity index (χ4n) is 3.86. The van der Waals surface area contributed by atoms with E-state index in [0.717, 1.165) is 23.9 Å². The van der Waals surface area contributed by atoms with Crippen LogP contribution in [0.25, 0.3) is 11.0 Å². The summed E-state index contributed by atoms with van der Waals surface area (Å²) in [5.74, 6) is 0.0449. The summed E-state index contributed by atoms with van der Waals surface area (Å²) in [5.41, 5.74) is 2.26. The molecule has 1 aliphatic rings. The van der Waals surface area contributed by atoms with Crippen molar-refractivity contribution >= 4 is 22.6 Å². The number of rotatable bonds is 3. The fraction of sp³-hybridized carbons (Fsp3) is 0.526. The number of piperidine rings is 1. The van der Waals surface area contributed by atoms with Crippen LogP contribution in [0.3, 0.4) is 0 Å². The highest BCUT2D eigenvalue weighted by Gasteiger charge is 2.28. The molecule has 24 heavy (non-hydrogen) atoms. The van der Waals surface area contributed by atoms with E-state index in [-0.39, 0.29) is 11.4 Å². The van der Waals surface area contributed by atoms with E-state index in [9.17, 15) is 9.90 Å². The van der Waals surface area contributed by atoms with Gasteiger partial charge in [-0.2, -0.15) is 0 Å². The Hall–Kier alpha value is -1.52. The molecule has 0 aliphatic carbocycles. The van der Waals surface area contributed by atoms with E-state index in [1.54, 1.807) is 13.0 Å². The first-order chi connectivity index (χ1) is 11.4. The van der Waals surface area contributed by atoms with Crippen LogP contribution >= 0.6 is 11.6 Å². The zero-order valence-electron chi connectivity index (χ0n) is 14.5. The quantitative estimate of drug-likeness (QED) is 0.836. The molecule has 2 N–H and O–H groups in total. The standard InChI is InChI=1S/C19H24ClNO3/c1-4-13-7-5-6-8-21(13)10-15-17(22)16(20)9-14-11(2)12(3)19(23)24-18(14)15/h9,13,22H,4-8,10H2,1-3H3/p+1/t13-/m0/s1. The number of aryl methyl sites for hydroxylation is 1. The number of aromatic hydroxyl groups is 1. The lowest BCUT2D eigenvalue weighted by Crippen LogP contribution is -3.15. The largest absolute Gasteiger partial charge is 0.506 e. The van der Waals surface area contributed by atoms with Crippen molar-refractivity contribution in [1.82, 2.24) is 0 Å². The Balaban J connectivity index is 2.15. The number of hydrogen-bond donors (Lipinski definition) is 2. The number of phenolic OH excluding ortho intramolecular Hbond substituents is 1. The molecule has 1 aromatic carbocycles. The van der Waals surface area contributed by atoms with Crippen LogP contribution in [-0.4, -0.2) is 17.7 Å². The van der Waals surface area contributed by atoms with Crippen molar-refractivity contribution in [3.05, 3.63) is 38.2 Å². The molecule has 2 heterocycles. The number of nitrogens with one attached hydrogen (secondary N) is 1. The van der Waals surface area contributed by atoms with Crippen molar-refractivity contribution in [3.63, 3.8) is 0 Å². The fourth-order valence-corrected chi connectivity index (χ4v) is 4.09. The van der Waals surface area contributed by atoms with E-state index in [2.05, 4.69) is 6.92 Å². The number of hydrogen-bond acceptors (Lipinski definition) is 3. The molecule has 2 atom stereocenters. The van der Waals surface area contributed by atoms with Gasteiger partial charge in [-0.15, -0.1) is 0 Å². The van der Waals surface area contributed by atoms with Gasteiger partial charge in [-0.1, -0.05) is 18.5 Å². The maximum absolute atomic E-state index is 12.1. The second-order valence-electron chi connectivity index (χ2n) is 6.89. The lowest BCUT2D eigenvalue weighted by molar-refractivity contribution is -0.944. The van der Waals surface area contributed by atoms with Crippen molar-refractivity contribution in [2.75, 3.05) is 6.54 Å². The van der Waals surface area contributed by atoms with Crippen LogP contribution in [-0.2, 0) is 6.54 Å². The van der Waals surface area contributed by atoms with Gasteiger partial charge < -0.3 is 14.4 Å². The first-order valence-corrected chi connectivity index (χ1v) is 9.10. The summed E-state index contributed by atoms with van der Waals surface area (Å²) in [5, 5.41) is 11.7. The Labute approximate surface area is 147 Å². The van der Waals surface area contributed by atoms with Crippen LogP contribution in [0.4, 0.5) is 0 Å². The molecular weight excluding hydrogens is 326 g/mol. The van der Waals surface area contributed by atoms with Crippen LogP contribution in [0.1, 0.15) is 49.3 Å². The third-order valence-corrected chi connectivity index (χ3v) is 5.83. The summed E-state index contributed by atoms with van der Waals surface area (Å²) in [4.78, 5) is 13.6. The minimum atomic E-state index is -0.344. The molecular formula is C19H25ClNO3+. The zero-order chi connectivity index (χ0) is 17.4. The monoisotopic (exact) mass is 350 g/mol. The molecule has 3 rings (SSSR count). The highest BCUT2D eigenvalue weighted by molar-refractivity contribution is 6.33. The molecule has 1 aromatic heterocycles. The van der Waals surface area contributed by atoms with Crippen LogP contribution in [0.5, 0.6) is 5.75 Å². The number of quaternary nitrogens is 1. The molecule has 0 saturated carbocycles. The van der Waals surface area contributed by atoms with E-state index >= 15 is 0 Å². The van der Waals surface area contributed by atoms with E-state index in [1.165, 1.54) is 24.2 Å². The van der Waals surface area contributed by atoms with Crippen molar-refractivity contribution in [2.24, 2.45) is 0 Å². The van der Waals surface area contributed by atoms with Crippen molar-refractivity contribution < 1.29 is 14.4 Å². The molecule has 2 aromatic rings. The molecule has 5 heteroatoms. The SMILES string of the molecule is CC[C@H]1CCCC[NH+]1Cc1c(O)c(Cl)cc2c(C)c(C)c(=O)oc12. The second-order valence-corrected chi connectivity index (χ2v) is 7.29. The highest BCUT2D eigenvalue weighted by atomic mass is 35.5. The van der Waals surface area contributed by atoms with Gasteiger partial charge in [0.05, 0.1) is 23.2 Å². The van der Waals surface area contributed by atoms with Crippen LogP contribution in [0, 0.1) is 13.8 Å². The van der Waals surface area contributed by atoms with Crippen LogP contribution in [0.2, 0.25) is 5.02 Å². The molecule has 130 valence electrons. The predicted octanol–water partition coefficient (Wildman–Crippen LogP) is 3.12. The molecule has 0 spiro atoms. The molecule has 1 fully saturated rings. The molecule has 0 bridgehead atoms. The van der Waals surface area contributed by atoms with E-state index in [0.29, 0.717) is 34.3 Å². The van der Waals surface area contributed by atoms with Gasteiger partial charge in [0.2, 0.25) is 0 Å². The molecule has 1 aliphatic heterocycles. The summed E-state index contributed by atoms with van der Waals surface area (Å²) in [6, 6.07) is 2.27. The number of phenols is 1. The maximum Gasteiger partial charge on any atom is 0.339 e. The third kappa shape index (κ3) is 2.93. The van der Waals surface area contributed by atoms with Gasteiger partial charge in [-0.25, -0.2) is 4.79 Å². The Kier molecular flexibility index (Phi) is 4.88. The van der Waals surface area contributed by atoms with E-state index in [1.807, 2.05) is 6.92 Å². The summed E-state index contributed by atoms with van der Waals surface area (Å²) < 4.78 is 5.56. The average Bonchev–Trinajstić information content (AvgIpc) is 2.58. The number of fused-ring (bicyclic) bond motifs is 1. The summed E-state index contributed by atoms with van der Waals surface area (Å²) in [6.45, 7) is 7.56. The molecule has 1 unspecified atom stereocenters. The number of likely N-dealkylation sites (tertiary alicyclic amines) is 1. The average molecular weight is 351 g/mol. The Bertz CT molecular complexity index is 828. The van der Waals surface area contributed by atoms with Gasteiger partial charge in [-0.3, -0.25) is 0 Å². The van der Waals surface area contributed by atoms with Gasteiger partial charge in [0.15, 0.2) is 5.58 Å². The summed E-state index contributed by atoms with van der Waals surface area (Å²) >= 11 is 6.27. The normalized spacial score (nSPS) is 21.3. The zero-order valence-corrected chi connectivity index (χ0v) is 15.3. The summed E-state index contributed by atoms with van der Waals surface area (Å²) in [6.07, 6.45) is 4.76. The smallest absolute Gasteiger partial charge is 0.339 e. The summed E-state index contributed by atoms with van der Waals surface area (Å²) in [7, 11) is 0. The second kappa shape index (κ2) is 6.77. The van der Waals surface area contributed by atoms with Gasteiger partial charge in [0.1, 0.15) is 12.3 Å². The van der Waals surface area contributed by atoms with Crippen molar-refractivity contribution in [1.29, 1.82) is 0 Å². The third-order valence-electron chi connectivity index (χ3n) is 5.54. The minimum Gasteiger partial charge on any atom is -0.506 e. The van der Waals surface area contributed by atoms with Gasteiger partial charge in [0, 0.05) is 10.9 Å². The minimum absolute atomic E-state index is 0.0449. The molecule has 1 saturated heterocycles. The van der Waals surface area contributed by atoms with E-state index < -0.39 is 0 Å². The van der Waals surface area contributed by atoms with Gasteiger partial charge >= 0.3 is 5.63 Å². The van der Waals surface area contributed by atoms with Crippen molar-refractivity contribution in [3.8, 4) is 5.75 Å². The van der Waals surface area contributed by atoms with Gasteiger partial charge in [0.25, 0.3) is 0 Å². The Morgan fingerprint density at radius 3 is 2.79 bits per heavy atom. The van der Waals surface area contributed by atoms with E-state index in [4.69, 9.17) is 16.0 Å². The number of halogens is 1. The molecule has 4 nitrogen and oxygen atoms in total. The lowest BCUT2D eigenvalue weighted by Gasteiger charge is -2.32. The first-order valence-electron chi connectivity index (χ1n) is 8.73. The Morgan fingerprint density at radius 1 is 1.33 bits per heavy atom. The topological polar surface area (TPSA) is 54.9 Å². The molecule has 0 radical (unpaired) electrons. The predicted molar refractivity (Wildman–Crippen MR) is 96.1 cm³/mol. The first kappa shape index (κ1) is 17.3. The van der Waals surface area contributed by atoms with Gasteiger partial charge in [-0.05, 0) is 51.2 Å². The van der Waals surface area contributed by atoms with Crippen LogP contribution < -0.4 is 10.5 Å². The number of benzene rings is 1.